The van der Waals surface area contributed by atoms with Gasteiger partial charge in [0.2, 0.25) is 11.8 Å². The summed E-state index contributed by atoms with van der Waals surface area (Å²) < 4.78 is 16.3. The van der Waals surface area contributed by atoms with Crippen molar-refractivity contribution in [3.63, 3.8) is 0 Å². The van der Waals surface area contributed by atoms with Gasteiger partial charge < -0.3 is 19.5 Å². The topological polar surface area (TPSA) is 138 Å². The number of nitro groups is 1. The summed E-state index contributed by atoms with van der Waals surface area (Å²) in [4.78, 5) is 30.8. The Balaban J connectivity index is 1.73. The predicted molar refractivity (Wildman–Crippen MR) is 121 cm³/mol. The first-order valence-corrected chi connectivity index (χ1v) is 9.83. The van der Waals surface area contributed by atoms with Crippen molar-refractivity contribution in [1.82, 2.24) is 9.97 Å². The van der Waals surface area contributed by atoms with Crippen LogP contribution in [0, 0.1) is 10.1 Å². The van der Waals surface area contributed by atoms with Crippen LogP contribution in [-0.2, 0) is 4.74 Å². The first-order valence-electron chi connectivity index (χ1n) is 9.83. The molecule has 2 N–H and O–H groups in total. The number of methoxy groups -OCH3 is 1. The van der Waals surface area contributed by atoms with Crippen LogP contribution in [0.25, 0.3) is 0 Å². The number of rotatable bonds is 7. The molecule has 0 bridgehead atoms. The van der Waals surface area contributed by atoms with Gasteiger partial charge in [0.1, 0.15) is 17.1 Å². The third-order valence-corrected chi connectivity index (χ3v) is 3.97. The van der Waals surface area contributed by atoms with Gasteiger partial charge in [-0.15, -0.1) is 0 Å². The van der Waals surface area contributed by atoms with Gasteiger partial charge in [0, 0.05) is 30.1 Å². The molecule has 2 aromatic carbocycles. The Morgan fingerprint density at radius 3 is 2.61 bits per heavy atom. The molecule has 1 amide bonds. The molecule has 0 aliphatic heterocycles. The van der Waals surface area contributed by atoms with Gasteiger partial charge in [-0.25, -0.2) is 9.78 Å². The van der Waals surface area contributed by atoms with Crippen molar-refractivity contribution in [1.29, 1.82) is 0 Å². The Morgan fingerprint density at radius 2 is 1.91 bits per heavy atom. The lowest BCUT2D eigenvalue weighted by Crippen LogP contribution is -2.27. The highest BCUT2D eigenvalue weighted by Crippen LogP contribution is 2.31. The van der Waals surface area contributed by atoms with Gasteiger partial charge in [0.15, 0.2) is 0 Å². The van der Waals surface area contributed by atoms with E-state index in [1.54, 1.807) is 45.0 Å². The zero-order chi connectivity index (χ0) is 24.0. The normalized spacial score (nSPS) is 10.8. The van der Waals surface area contributed by atoms with Crippen molar-refractivity contribution in [2.75, 3.05) is 17.7 Å². The lowest BCUT2D eigenvalue weighted by atomic mass is 10.2. The number of anilines is 3. The van der Waals surface area contributed by atoms with Crippen molar-refractivity contribution < 1.29 is 23.9 Å². The quantitative estimate of drug-likeness (QED) is 0.361. The number of non-ortho nitro benzene ring substituents is 1. The van der Waals surface area contributed by atoms with Crippen LogP contribution in [0.3, 0.4) is 0 Å². The number of aromatic nitrogens is 2. The van der Waals surface area contributed by atoms with Gasteiger partial charge in [0.25, 0.3) is 5.69 Å². The summed E-state index contributed by atoms with van der Waals surface area (Å²) in [5, 5.41) is 16.6. The van der Waals surface area contributed by atoms with E-state index in [9.17, 15) is 14.9 Å². The number of amides is 1. The van der Waals surface area contributed by atoms with Crippen LogP contribution in [0.4, 0.5) is 27.8 Å². The summed E-state index contributed by atoms with van der Waals surface area (Å²) in [6.45, 7) is 5.32. The smallest absolute Gasteiger partial charge is 0.412 e. The molecule has 0 saturated carbocycles. The van der Waals surface area contributed by atoms with Gasteiger partial charge in [-0.2, -0.15) is 4.98 Å². The maximum absolute atomic E-state index is 12.0. The number of ether oxygens (including phenoxy) is 3. The second kappa shape index (κ2) is 9.81. The average Bonchev–Trinajstić information content (AvgIpc) is 2.74. The number of nitro benzene ring substituents is 1. The van der Waals surface area contributed by atoms with E-state index in [-0.39, 0.29) is 23.3 Å². The van der Waals surface area contributed by atoms with Crippen LogP contribution in [0.1, 0.15) is 20.8 Å². The molecule has 0 aliphatic carbocycles. The Morgan fingerprint density at radius 1 is 1.12 bits per heavy atom. The molecule has 0 saturated heterocycles. The lowest BCUT2D eigenvalue weighted by Gasteiger charge is -2.20. The SMILES string of the molecule is COc1cc(NC(=O)OC(C)(C)C)ccc1Nc1nccc(Oc2cccc([N+](=O)[O-])c2)n1. The molecule has 1 heterocycles. The van der Waals surface area contributed by atoms with E-state index in [1.165, 1.54) is 37.6 Å². The fourth-order valence-electron chi connectivity index (χ4n) is 2.65. The van der Waals surface area contributed by atoms with Crippen LogP contribution in [-0.4, -0.2) is 33.7 Å². The van der Waals surface area contributed by atoms with Crippen LogP contribution < -0.4 is 20.1 Å². The zero-order valence-corrected chi connectivity index (χ0v) is 18.5. The number of hydrogen-bond acceptors (Lipinski definition) is 9. The Hall–Kier alpha value is -4.41. The van der Waals surface area contributed by atoms with Gasteiger partial charge in [-0.1, -0.05) is 6.07 Å². The summed E-state index contributed by atoms with van der Waals surface area (Å²) >= 11 is 0. The number of benzene rings is 2. The minimum atomic E-state index is -0.620. The molecular weight excluding hydrogens is 430 g/mol. The molecule has 3 rings (SSSR count). The molecule has 0 fully saturated rings. The van der Waals surface area contributed by atoms with Crippen molar-refractivity contribution in [3.8, 4) is 17.4 Å². The minimum Gasteiger partial charge on any atom is -0.494 e. The summed E-state index contributed by atoms with van der Waals surface area (Å²) in [7, 11) is 1.49. The van der Waals surface area contributed by atoms with Gasteiger partial charge >= 0.3 is 6.09 Å². The molecule has 3 aromatic rings. The third kappa shape index (κ3) is 6.79. The van der Waals surface area contributed by atoms with E-state index in [0.717, 1.165) is 0 Å². The van der Waals surface area contributed by atoms with E-state index in [4.69, 9.17) is 14.2 Å². The van der Waals surface area contributed by atoms with Gasteiger partial charge in [-0.05, 0) is 39.0 Å². The maximum Gasteiger partial charge on any atom is 0.412 e. The van der Waals surface area contributed by atoms with E-state index in [1.807, 2.05) is 0 Å². The third-order valence-electron chi connectivity index (χ3n) is 3.97. The molecule has 0 unspecified atom stereocenters. The molecule has 11 nitrogen and oxygen atoms in total. The van der Waals surface area contributed by atoms with Crippen LogP contribution in [0.5, 0.6) is 17.4 Å². The van der Waals surface area contributed by atoms with Crippen LogP contribution >= 0.6 is 0 Å². The fourth-order valence-corrected chi connectivity index (χ4v) is 2.65. The van der Waals surface area contributed by atoms with E-state index >= 15 is 0 Å². The standard InChI is InChI=1S/C22H23N5O6/c1-22(2,3)33-21(28)24-14-8-9-17(18(12-14)31-4)25-20-23-11-10-19(26-20)32-16-7-5-6-15(13-16)27(29)30/h5-13H,1-4H3,(H,24,28)(H,23,25,26). The summed E-state index contributed by atoms with van der Waals surface area (Å²) in [5.74, 6) is 1.10. The molecule has 11 heteroatoms. The fraction of sp³-hybridized carbons (Fsp3) is 0.227. The highest BCUT2D eigenvalue weighted by atomic mass is 16.6. The average molecular weight is 453 g/mol. The lowest BCUT2D eigenvalue weighted by molar-refractivity contribution is -0.384. The second-order valence-electron chi connectivity index (χ2n) is 7.74. The first kappa shape index (κ1) is 23.3. The molecular formula is C22H23N5O6. The van der Waals surface area contributed by atoms with Crippen LogP contribution in [0.15, 0.2) is 54.7 Å². The molecule has 33 heavy (non-hydrogen) atoms. The van der Waals surface area contributed by atoms with Crippen molar-refractivity contribution in [2.24, 2.45) is 0 Å². The number of nitrogens with zero attached hydrogens (tertiary/aromatic N) is 3. The van der Waals surface area contributed by atoms with E-state index in [2.05, 4.69) is 20.6 Å². The summed E-state index contributed by atoms with van der Waals surface area (Å²) in [6, 6.07) is 12.3. The Kier molecular flexibility index (Phi) is 6.91. The second-order valence-corrected chi connectivity index (χ2v) is 7.74. The molecule has 0 radical (unpaired) electrons. The first-order chi connectivity index (χ1) is 15.6. The number of nitrogens with one attached hydrogen (secondary N) is 2. The maximum atomic E-state index is 12.0. The van der Waals surface area contributed by atoms with Crippen LogP contribution in [0.2, 0.25) is 0 Å². The van der Waals surface area contributed by atoms with E-state index < -0.39 is 16.6 Å². The number of hydrogen-bond donors (Lipinski definition) is 2. The largest absolute Gasteiger partial charge is 0.494 e. The highest BCUT2D eigenvalue weighted by molar-refractivity contribution is 5.86. The van der Waals surface area contributed by atoms with Crippen molar-refractivity contribution in [2.45, 2.75) is 26.4 Å². The number of carbonyl (C=O) groups excluding carboxylic acids is 1. The highest BCUT2D eigenvalue weighted by Gasteiger charge is 2.17. The molecule has 0 atom stereocenters. The van der Waals surface area contributed by atoms with Crippen molar-refractivity contribution >= 4 is 29.1 Å². The Bertz CT molecular complexity index is 1160. The number of carbonyl (C=O) groups is 1. The molecule has 172 valence electrons. The Labute approximate surface area is 189 Å². The van der Waals surface area contributed by atoms with Gasteiger partial charge in [-0.3, -0.25) is 15.4 Å². The predicted octanol–water partition coefficient (Wildman–Crippen LogP) is 5.28. The molecule has 0 spiro atoms. The molecule has 1 aromatic heterocycles. The minimum absolute atomic E-state index is 0.0929. The van der Waals surface area contributed by atoms with E-state index in [0.29, 0.717) is 17.1 Å². The summed E-state index contributed by atoms with van der Waals surface area (Å²) in [5.41, 5.74) is 0.310. The molecule has 0 aliphatic rings. The monoisotopic (exact) mass is 453 g/mol. The van der Waals surface area contributed by atoms with Crippen molar-refractivity contribution in [3.05, 3.63) is 64.8 Å². The summed E-state index contributed by atoms with van der Waals surface area (Å²) in [6.07, 6.45) is 0.895. The van der Waals surface area contributed by atoms with Gasteiger partial charge in [0.05, 0.1) is 23.8 Å². The zero-order valence-electron chi connectivity index (χ0n) is 18.5.